The van der Waals surface area contributed by atoms with Crippen LogP contribution in [-0.2, 0) is 23.7 Å². The number of ether oxygens (including phenoxy) is 4. The van der Waals surface area contributed by atoms with Crippen molar-refractivity contribution in [3.05, 3.63) is 35.9 Å². The SMILES string of the molecule is CC[C@H]1OC(=O)[C@H](C)[C@@H](O)C(C)C(O[C@@H]2O[C@H](C)C[C@H](N(C)C)[C@H]2OC(=O)c2ccccc2)[C@](C)(O)C[C@@H](C)CN(C)[C@H](C)[C@@H](O)[C@]1(C)O. The predicted octanol–water partition coefficient (Wildman–Crippen LogP) is 2.84. The second kappa shape index (κ2) is 16.9. The molecule has 0 radical (unpaired) electrons. The van der Waals surface area contributed by atoms with Crippen molar-refractivity contribution in [1.82, 2.24) is 9.80 Å². The van der Waals surface area contributed by atoms with E-state index < -0.39 is 77.8 Å². The highest BCUT2D eigenvalue weighted by atomic mass is 16.7. The minimum absolute atomic E-state index is 0.148. The number of aliphatic hydroxyl groups is 4. The fourth-order valence-corrected chi connectivity index (χ4v) is 7.61. The van der Waals surface area contributed by atoms with E-state index in [1.165, 1.54) is 13.8 Å². The molecule has 2 fully saturated rings. The summed E-state index contributed by atoms with van der Waals surface area (Å²) in [6.07, 6.45) is -6.07. The molecule has 0 amide bonds. The van der Waals surface area contributed by atoms with Crippen molar-refractivity contribution in [3.63, 3.8) is 0 Å². The Kier molecular flexibility index (Phi) is 14.2. The van der Waals surface area contributed by atoms with Gasteiger partial charge in [-0.15, -0.1) is 0 Å². The standard InChI is InChI=1S/C37H62N2O10/c1-12-28-37(8,45)31(41)25(6)39(11)20-21(2)19-36(7,44)32(23(4)29(40)24(5)33(42)47-28)49-35-30(27(38(9)10)18-22(3)46-35)48-34(43)26-16-14-13-15-17-26/h13-17,21-25,27-32,35,40-41,44-45H,12,18-20H2,1-11H3/t21-,22-,23?,24-,25-,27+,28-,29+,30-,31-,32?,35+,36-,37-/m1/s1. The van der Waals surface area contributed by atoms with Crippen LogP contribution in [0.1, 0.15) is 85.0 Å². The molecular weight excluding hydrogens is 632 g/mol. The summed E-state index contributed by atoms with van der Waals surface area (Å²) in [4.78, 5) is 30.7. The van der Waals surface area contributed by atoms with Crippen LogP contribution in [0.25, 0.3) is 0 Å². The molecule has 2 unspecified atom stereocenters. The summed E-state index contributed by atoms with van der Waals surface area (Å²) >= 11 is 0. The van der Waals surface area contributed by atoms with Crippen molar-refractivity contribution in [2.45, 2.75) is 141 Å². The molecule has 280 valence electrons. The minimum Gasteiger partial charge on any atom is -0.459 e. The number of likely N-dealkylation sites (N-methyl/N-ethyl adjacent to an activating group) is 2. The number of rotatable bonds is 6. The van der Waals surface area contributed by atoms with Crippen LogP contribution < -0.4 is 0 Å². The van der Waals surface area contributed by atoms with E-state index >= 15 is 0 Å². The Morgan fingerprint density at radius 1 is 1.06 bits per heavy atom. The molecule has 1 aromatic carbocycles. The van der Waals surface area contributed by atoms with Gasteiger partial charge in [-0.1, -0.05) is 39.0 Å². The molecule has 2 aliphatic heterocycles. The lowest BCUT2D eigenvalue weighted by molar-refractivity contribution is -0.298. The average molecular weight is 695 g/mol. The number of carbonyl (C=O) groups excluding carboxylic acids is 2. The molecule has 1 aromatic rings. The third-order valence-electron chi connectivity index (χ3n) is 10.7. The summed E-state index contributed by atoms with van der Waals surface area (Å²) in [7, 11) is 5.60. The van der Waals surface area contributed by atoms with Crippen molar-refractivity contribution >= 4 is 11.9 Å². The average Bonchev–Trinajstić information content (AvgIpc) is 3.04. The van der Waals surface area contributed by atoms with Crippen LogP contribution in [0.4, 0.5) is 0 Å². The van der Waals surface area contributed by atoms with Gasteiger partial charge in [-0.3, -0.25) is 4.79 Å². The van der Waals surface area contributed by atoms with E-state index in [2.05, 4.69) is 0 Å². The second-order valence-corrected chi connectivity index (χ2v) is 15.4. The van der Waals surface area contributed by atoms with Gasteiger partial charge in [0.2, 0.25) is 0 Å². The van der Waals surface area contributed by atoms with Gasteiger partial charge < -0.3 is 49.2 Å². The second-order valence-electron chi connectivity index (χ2n) is 15.4. The van der Waals surface area contributed by atoms with E-state index in [1.807, 2.05) is 50.9 Å². The van der Waals surface area contributed by atoms with Gasteiger partial charge in [0.1, 0.15) is 17.8 Å². The molecule has 4 N–H and O–H groups in total. The first-order valence-electron chi connectivity index (χ1n) is 17.7. The zero-order valence-corrected chi connectivity index (χ0v) is 31.3. The lowest BCUT2D eigenvalue weighted by Crippen LogP contribution is -2.60. The summed E-state index contributed by atoms with van der Waals surface area (Å²) in [5.41, 5.74) is -2.98. The fourth-order valence-electron chi connectivity index (χ4n) is 7.61. The van der Waals surface area contributed by atoms with Gasteiger partial charge in [0.25, 0.3) is 0 Å². The lowest BCUT2D eigenvalue weighted by atomic mass is 9.78. The zero-order chi connectivity index (χ0) is 37.0. The molecule has 2 heterocycles. The summed E-state index contributed by atoms with van der Waals surface area (Å²) in [6.45, 7) is 14.2. The summed E-state index contributed by atoms with van der Waals surface area (Å²) in [6, 6.07) is 7.82. The van der Waals surface area contributed by atoms with Crippen LogP contribution in [0.5, 0.6) is 0 Å². The molecule has 14 atom stereocenters. The van der Waals surface area contributed by atoms with Gasteiger partial charge in [-0.25, -0.2) is 4.79 Å². The van der Waals surface area contributed by atoms with Crippen LogP contribution in [0, 0.1) is 17.8 Å². The fraction of sp³-hybridized carbons (Fsp3) is 0.784. The highest BCUT2D eigenvalue weighted by molar-refractivity contribution is 5.89. The van der Waals surface area contributed by atoms with E-state index in [4.69, 9.17) is 18.9 Å². The van der Waals surface area contributed by atoms with Crippen LogP contribution in [-0.4, -0.2) is 136 Å². The maximum atomic E-state index is 13.5. The quantitative estimate of drug-likeness (QED) is 0.323. The van der Waals surface area contributed by atoms with E-state index in [0.717, 1.165) is 0 Å². The summed E-state index contributed by atoms with van der Waals surface area (Å²) < 4.78 is 24.9. The largest absolute Gasteiger partial charge is 0.459 e. The topological polar surface area (TPSA) is 158 Å². The Bertz CT molecular complexity index is 1210. The Morgan fingerprint density at radius 2 is 1.67 bits per heavy atom. The molecule has 0 aromatic heterocycles. The van der Waals surface area contributed by atoms with Crippen molar-refractivity contribution in [1.29, 1.82) is 0 Å². The highest BCUT2D eigenvalue weighted by Gasteiger charge is 2.50. The third kappa shape index (κ3) is 9.79. The maximum Gasteiger partial charge on any atom is 0.338 e. The number of esters is 2. The number of benzene rings is 1. The van der Waals surface area contributed by atoms with E-state index in [1.54, 1.807) is 52.0 Å². The molecule has 0 bridgehead atoms. The Hall–Kier alpha value is -2.16. The van der Waals surface area contributed by atoms with Gasteiger partial charge in [0, 0.05) is 18.5 Å². The summed E-state index contributed by atoms with van der Waals surface area (Å²) in [5, 5.41) is 46.7. The number of hydrogen-bond acceptors (Lipinski definition) is 12. The Morgan fingerprint density at radius 3 is 2.24 bits per heavy atom. The Balaban J connectivity index is 2.06. The van der Waals surface area contributed by atoms with E-state index in [0.29, 0.717) is 18.5 Å². The molecule has 0 spiro atoms. The smallest absolute Gasteiger partial charge is 0.338 e. The molecule has 2 saturated heterocycles. The molecule has 0 aliphatic carbocycles. The molecule has 12 heteroatoms. The molecule has 12 nitrogen and oxygen atoms in total. The lowest BCUT2D eigenvalue weighted by Gasteiger charge is -2.47. The van der Waals surface area contributed by atoms with Crippen molar-refractivity contribution < 1.29 is 49.0 Å². The summed E-state index contributed by atoms with van der Waals surface area (Å²) in [5.74, 6) is -3.39. The number of carbonyl (C=O) groups is 2. The number of aliphatic hydroxyl groups excluding tert-OH is 2. The van der Waals surface area contributed by atoms with Crippen LogP contribution in [0.3, 0.4) is 0 Å². The van der Waals surface area contributed by atoms with Crippen molar-refractivity contribution in [2.24, 2.45) is 17.8 Å². The first-order valence-corrected chi connectivity index (χ1v) is 17.7. The first-order chi connectivity index (χ1) is 22.7. The van der Waals surface area contributed by atoms with Crippen molar-refractivity contribution in [2.75, 3.05) is 27.7 Å². The Labute approximate surface area is 292 Å². The first kappa shape index (κ1) is 41.3. The normalized spacial score (nSPS) is 42.2. The van der Waals surface area contributed by atoms with Gasteiger partial charge in [0.15, 0.2) is 12.4 Å². The highest BCUT2D eigenvalue weighted by Crippen LogP contribution is 2.37. The van der Waals surface area contributed by atoms with Gasteiger partial charge in [-0.2, -0.15) is 0 Å². The number of hydrogen-bond donors (Lipinski definition) is 4. The maximum absolute atomic E-state index is 13.5. The van der Waals surface area contributed by atoms with Crippen LogP contribution in [0.15, 0.2) is 30.3 Å². The molecule has 3 rings (SSSR count). The molecule has 2 aliphatic rings. The minimum atomic E-state index is -1.78. The number of nitrogens with zero attached hydrogens (tertiary/aromatic N) is 2. The van der Waals surface area contributed by atoms with Crippen LogP contribution in [0.2, 0.25) is 0 Å². The van der Waals surface area contributed by atoms with Gasteiger partial charge >= 0.3 is 11.9 Å². The van der Waals surface area contributed by atoms with E-state index in [9.17, 15) is 30.0 Å². The van der Waals surface area contributed by atoms with E-state index in [-0.39, 0.29) is 30.9 Å². The zero-order valence-electron chi connectivity index (χ0n) is 31.3. The molecular formula is C37H62N2O10. The molecule has 0 saturated carbocycles. The molecule has 49 heavy (non-hydrogen) atoms. The van der Waals surface area contributed by atoms with Crippen molar-refractivity contribution in [3.8, 4) is 0 Å². The predicted molar refractivity (Wildman–Crippen MR) is 185 cm³/mol. The monoisotopic (exact) mass is 694 g/mol. The van der Waals surface area contributed by atoms with Gasteiger partial charge in [-0.05, 0) is 93.1 Å². The van der Waals surface area contributed by atoms with Crippen LogP contribution >= 0.6 is 0 Å². The van der Waals surface area contributed by atoms with Gasteiger partial charge in [0.05, 0.1) is 41.4 Å². The number of cyclic esters (lactones) is 1. The third-order valence-corrected chi connectivity index (χ3v) is 10.7.